The van der Waals surface area contributed by atoms with Gasteiger partial charge in [0.05, 0.1) is 18.0 Å². The quantitative estimate of drug-likeness (QED) is 0.721. The molecule has 0 atom stereocenters. The highest BCUT2D eigenvalue weighted by Crippen LogP contribution is 2.26. The van der Waals surface area contributed by atoms with Crippen LogP contribution in [0.15, 0.2) is 65.5 Å². The van der Waals surface area contributed by atoms with Crippen LogP contribution in [-0.4, -0.2) is 16.6 Å². The van der Waals surface area contributed by atoms with Crippen LogP contribution in [0.4, 0.5) is 11.6 Å². The fraction of sp³-hybridized carbons (Fsp3) is 0.158. The number of hydrogen-bond acceptors (Lipinski definition) is 4. The summed E-state index contributed by atoms with van der Waals surface area (Å²) < 4.78 is 5.72. The zero-order valence-electron chi connectivity index (χ0n) is 13.5. The standard InChI is InChI=1S/C19H19N3O2/c1-2-12-24-17-11-7-6-10-15(17)20-19-21-16(13-18(23)22-19)14-8-4-3-5-9-14/h3-11,13H,2,12H2,1H3,(H2,20,21,22,23). The van der Waals surface area contributed by atoms with Crippen LogP contribution in [0, 0.1) is 0 Å². The van der Waals surface area contributed by atoms with E-state index in [0.717, 1.165) is 23.4 Å². The first-order valence-electron chi connectivity index (χ1n) is 7.92. The van der Waals surface area contributed by atoms with Gasteiger partial charge in [-0.2, -0.15) is 0 Å². The Morgan fingerprint density at radius 3 is 2.62 bits per heavy atom. The molecule has 0 saturated carbocycles. The minimum Gasteiger partial charge on any atom is -0.491 e. The van der Waals surface area contributed by atoms with Crippen LogP contribution in [0.25, 0.3) is 11.3 Å². The zero-order valence-corrected chi connectivity index (χ0v) is 13.5. The van der Waals surface area contributed by atoms with Crippen LogP contribution in [-0.2, 0) is 0 Å². The van der Waals surface area contributed by atoms with E-state index in [1.165, 1.54) is 6.07 Å². The molecular formula is C19H19N3O2. The number of benzene rings is 2. The summed E-state index contributed by atoms with van der Waals surface area (Å²) in [6, 6.07) is 18.7. The van der Waals surface area contributed by atoms with Crippen molar-refractivity contribution >= 4 is 11.6 Å². The van der Waals surface area contributed by atoms with Gasteiger partial charge in [-0.3, -0.25) is 9.78 Å². The molecule has 0 fully saturated rings. The predicted octanol–water partition coefficient (Wildman–Crippen LogP) is 3.97. The smallest absolute Gasteiger partial charge is 0.252 e. The van der Waals surface area contributed by atoms with Crippen molar-refractivity contribution in [3.63, 3.8) is 0 Å². The summed E-state index contributed by atoms with van der Waals surface area (Å²) in [6.45, 7) is 2.69. The lowest BCUT2D eigenvalue weighted by molar-refractivity contribution is 0.319. The van der Waals surface area contributed by atoms with Gasteiger partial charge in [0.2, 0.25) is 5.95 Å². The molecule has 3 aromatic rings. The molecule has 0 radical (unpaired) electrons. The maximum Gasteiger partial charge on any atom is 0.252 e. The molecule has 0 aliphatic heterocycles. The van der Waals surface area contributed by atoms with Crippen LogP contribution in [0.1, 0.15) is 13.3 Å². The molecule has 2 N–H and O–H groups in total. The van der Waals surface area contributed by atoms with Crippen LogP contribution in [0.2, 0.25) is 0 Å². The van der Waals surface area contributed by atoms with Crippen molar-refractivity contribution in [1.29, 1.82) is 0 Å². The van der Waals surface area contributed by atoms with Crippen LogP contribution >= 0.6 is 0 Å². The summed E-state index contributed by atoms with van der Waals surface area (Å²) in [5, 5.41) is 3.14. The first-order chi connectivity index (χ1) is 11.8. The molecule has 0 amide bonds. The number of hydrogen-bond donors (Lipinski definition) is 2. The summed E-state index contributed by atoms with van der Waals surface area (Å²) in [7, 11) is 0. The van der Waals surface area contributed by atoms with E-state index in [4.69, 9.17) is 4.74 Å². The Bertz CT molecular complexity index is 860. The summed E-state index contributed by atoms with van der Waals surface area (Å²) in [5.41, 5.74) is 2.06. The van der Waals surface area contributed by atoms with Crippen LogP contribution in [0.5, 0.6) is 5.75 Å². The molecular weight excluding hydrogens is 302 g/mol. The number of aromatic amines is 1. The fourth-order valence-corrected chi connectivity index (χ4v) is 2.31. The number of H-pyrrole nitrogens is 1. The summed E-state index contributed by atoms with van der Waals surface area (Å²) in [6.07, 6.45) is 0.924. The molecule has 0 saturated heterocycles. The number of anilines is 2. The summed E-state index contributed by atoms with van der Waals surface area (Å²) in [5.74, 6) is 1.11. The largest absolute Gasteiger partial charge is 0.491 e. The van der Waals surface area contributed by atoms with E-state index in [9.17, 15) is 4.79 Å². The zero-order chi connectivity index (χ0) is 16.8. The molecule has 0 spiro atoms. The molecule has 3 rings (SSSR count). The number of ether oxygens (including phenoxy) is 1. The van der Waals surface area contributed by atoms with E-state index in [1.54, 1.807) is 0 Å². The predicted molar refractivity (Wildman–Crippen MR) is 95.8 cm³/mol. The Morgan fingerprint density at radius 1 is 1.08 bits per heavy atom. The van der Waals surface area contributed by atoms with Gasteiger partial charge < -0.3 is 10.1 Å². The number of aromatic nitrogens is 2. The summed E-state index contributed by atoms with van der Waals surface area (Å²) in [4.78, 5) is 19.2. The second kappa shape index (κ2) is 7.46. The van der Waals surface area contributed by atoms with Crippen LogP contribution in [0.3, 0.4) is 0 Å². The highest BCUT2D eigenvalue weighted by Gasteiger charge is 2.07. The van der Waals surface area contributed by atoms with Gasteiger partial charge in [-0.05, 0) is 18.6 Å². The van der Waals surface area contributed by atoms with Gasteiger partial charge >= 0.3 is 0 Å². The molecule has 0 unspecified atom stereocenters. The molecule has 1 heterocycles. The lowest BCUT2D eigenvalue weighted by Gasteiger charge is -2.12. The number of nitrogens with one attached hydrogen (secondary N) is 2. The maximum absolute atomic E-state index is 12.0. The molecule has 2 aromatic carbocycles. The van der Waals surface area contributed by atoms with Gasteiger partial charge in [-0.15, -0.1) is 0 Å². The van der Waals surface area contributed by atoms with Crippen molar-refractivity contribution in [3.05, 3.63) is 71.0 Å². The molecule has 0 aliphatic rings. The first-order valence-corrected chi connectivity index (χ1v) is 7.92. The van der Waals surface area contributed by atoms with Crippen molar-refractivity contribution in [3.8, 4) is 17.0 Å². The number of nitrogens with zero attached hydrogens (tertiary/aromatic N) is 1. The number of rotatable bonds is 6. The topological polar surface area (TPSA) is 67.0 Å². The fourth-order valence-electron chi connectivity index (χ4n) is 2.31. The Kier molecular flexibility index (Phi) is 4.91. The van der Waals surface area contributed by atoms with Gasteiger partial charge in [0.25, 0.3) is 5.56 Å². The SMILES string of the molecule is CCCOc1ccccc1Nc1nc(-c2ccccc2)cc(=O)[nH]1. The van der Waals surface area contributed by atoms with Crippen molar-refractivity contribution in [2.45, 2.75) is 13.3 Å². The van der Waals surface area contributed by atoms with E-state index < -0.39 is 0 Å². The molecule has 122 valence electrons. The normalized spacial score (nSPS) is 10.4. The Labute approximate surface area is 140 Å². The molecule has 5 nitrogen and oxygen atoms in total. The third kappa shape index (κ3) is 3.81. The molecule has 24 heavy (non-hydrogen) atoms. The van der Waals surface area contributed by atoms with Crippen molar-refractivity contribution in [1.82, 2.24) is 9.97 Å². The van der Waals surface area contributed by atoms with Gasteiger partial charge in [0.15, 0.2) is 0 Å². The van der Waals surface area contributed by atoms with E-state index in [-0.39, 0.29) is 5.56 Å². The monoisotopic (exact) mass is 321 g/mol. The minimum absolute atomic E-state index is 0.210. The second-order valence-corrected chi connectivity index (χ2v) is 5.31. The summed E-state index contributed by atoms with van der Waals surface area (Å²) >= 11 is 0. The van der Waals surface area contributed by atoms with E-state index in [2.05, 4.69) is 22.2 Å². The minimum atomic E-state index is -0.210. The lowest BCUT2D eigenvalue weighted by atomic mass is 10.1. The van der Waals surface area contributed by atoms with E-state index in [0.29, 0.717) is 18.2 Å². The van der Waals surface area contributed by atoms with Gasteiger partial charge in [-0.1, -0.05) is 49.4 Å². The number of para-hydroxylation sites is 2. The Balaban J connectivity index is 1.91. The Hall–Kier alpha value is -3.08. The Morgan fingerprint density at radius 2 is 1.83 bits per heavy atom. The second-order valence-electron chi connectivity index (χ2n) is 5.31. The highest BCUT2D eigenvalue weighted by molar-refractivity contribution is 5.65. The average molecular weight is 321 g/mol. The van der Waals surface area contributed by atoms with E-state index >= 15 is 0 Å². The molecule has 5 heteroatoms. The maximum atomic E-state index is 12.0. The third-order valence-corrected chi connectivity index (χ3v) is 3.41. The van der Waals surface area contributed by atoms with Crippen molar-refractivity contribution in [2.75, 3.05) is 11.9 Å². The molecule has 0 bridgehead atoms. The van der Waals surface area contributed by atoms with Crippen molar-refractivity contribution < 1.29 is 4.74 Å². The highest BCUT2D eigenvalue weighted by atomic mass is 16.5. The van der Waals surface area contributed by atoms with Gasteiger partial charge in [0, 0.05) is 11.6 Å². The van der Waals surface area contributed by atoms with Crippen LogP contribution < -0.4 is 15.6 Å². The first kappa shape index (κ1) is 15.8. The lowest BCUT2D eigenvalue weighted by Crippen LogP contribution is -2.11. The van der Waals surface area contributed by atoms with Gasteiger partial charge in [-0.25, -0.2) is 4.98 Å². The molecule has 1 aromatic heterocycles. The van der Waals surface area contributed by atoms with E-state index in [1.807, 2.05) is 54.6 Å². The average Bonchev–Trinajstić information content (AvgIpc) is 2.61. The molecule has 0 aliphatic carbocycles. The van der Waals surface area contributed by atoms with Crippen molar-refractivity contribution in [2.24, 2.45) is 0 Å². The van der Waals surface area contributed by atoms with Gasteiger partial charge in [0.1, 0.15) is 5.75 Å². The third-order valence-electron chi connectivity index (χ3n) is 3.41.